The molecule has 0 bridgehead atoms. The number of likely N-dealkylation sites (tertiary alicyclic amines) is 1. The van der Waals surface area contributed by atoms with E-state index < -0.39 is 71.2 Å². The van der Waals surface area contributed by atoms with E-state index in [1.165, 1.54) is 17.0 Å². The number of urea groups is 1. The lowest BCUT2D eigenvalue weighted by Gasteiger charge is -2.45. The first-order valence-electron chi connectivity index (χ1n) is 19.9. The van der Waals surface area contributed by atoms with Crippen LogP contribution >= 0.6 is 0 Å². The molecular weight excluding hydrogens is 870 g/mol. The molecule has 0 aromatic heterocycles. The van der Waals surface area contributed by atoms with Crippen molar-refractivity contribution in [2.24, 2.45) is 5.73 Å². The van der Waals surface area contributed by atoms with E-state index in [9.17, 15) is 58.3 Å². The molecule has 64 heavy (non-hydrogen) atoms. The van der Waals surface area contributed by atoms with Crippen molar-refractivity contribution >= 4 is 29.0 Å². The molecule has 4 aromatic carbocycles. The summed E-state index contributed by atoms with van der Waals surface area (Å²) in [6.45, 7) is -3.87. The molecule has 4 aliphatic rings. The zero-order chi connectivity index (χ0) is 46.3. The monoisotopic (exact) mass is 912 g/mol. The van der Waals surface area contributed by atoms with Gasteiger partial charge in [0.2, 0.25) is 0 Å². The summed E-state index contributed by atoms with van der Waals surface area (Å²) in [4.78, 5) is 38.6. The summed E-state index contributed by atoms with van der Waals surface area (Å²) in [6, 6.07) is 10.3. The molecule has 0 atom stereocenters. The smallest absolute Gasteiger partial charge is 0.387 e. The van der Waals surface area contributed by atoms with Gasteiger partial charge in [0.15, 0.2) is 34.7 Å². The number of carbonyl (C=O) groups is 3. The lowest BCUT2D eigenvalue weighted by atomic mass is 9.78. The van der Waals surface area contributed by atoms with Crippen molar-refractivity contribution < 1.29 is 67.8 Å². The van der Waals surface area contributed by atoms with E-state index >= 15 is 0 Å². The van der Waals surface area contributed by atoms with Crippen molar-refractivity contribution in [2.45, 2.75) is 75.9 Å². The van der Waals surface area contributed by atoms with E-state index in [0.717, 1.165) is 74.5 Å². The second-order valence-corrected chi connectivity index (χ2v) is 15.5. The van der Waals surface area contributed by atoms with Crippen LogP contribution in [0.2, 0.25) is 0 Å². The Morgan fingerprint density at radius 2 is 1.11 bits per heavy atom. The third kappa shape index (κ3) is 11.5. The van der Waals surface area contributed by atoms with Crippen LogP contribution in [0.15, 0.2) is 60.7 Å². The Morgan fingerprint density at radius 1 is 0.656 bits per heavy atom. The molecule has 0 radical (unpaired) electrons. The fourth-order valence-corrected chi connectivity index (χ4v) is 7.91. The first-order chi connectivity index (χ1) is 30.4. The molecule has 4 aliphatic heterocycles. The molecule has 2 saturated heterocycles. The molecular formula is C43H42F10N6O5. The number of hydrogen-bond donors (Lipinski definition) is 5. The Balaban J connectivity index is 0.000000182. The summed E-state index contributed by atoms with van der Waals surface area (Å²) in [6.07, 6.45) is 2.66. The van der Waals surface area contributed by atoms with Gasteiger partial charge in [-0.15, -0.1) is 0 Å². The molecule has 344 valence electrons. The third-order valence-corrected chi connectivity index (χ3v) is 11.2. The van der Waals surface area contributed by atoms with E-state index in [1.54, 1.807) is 0 Å². The largest absolute Gasteiger partial charge is 0.432 e. The number of halogens is 10. The van der Waals surface area contributed by atoms with E-state index in [0.29, 0.717) is 30.4 Å². The summed E-state index contributed by atoms with van der Waals surface area (Å²) in [5, 5.41) is 12.0. The number of benzene rings is 4. The number of ketones is 2. The number of ether oxygens (including phenoxy) is 2. The Morgan fingerprint density at radius 3 is 1.56 bits per heavy atom. The van der Waals surface area contributed by atoms with Crippen LogP contribution in [0.3, 0.4) is 0 Å². The van der Waals surface area contributed by atoms with Crippen molar-refractivity contribution in [3.05, 3.63) is 118 Å². The highest BCUT2D eigenvalue weighted by Crippen LogP contribution is 2.40. The minimum atomic E-state index is -3.15. The van der Waals surface area contributed by atoms with Crippen LogP contribution in [0.4, 0.5) is 60.1 Å². The summed E-state index contributed by atoms with van der Waals surface area (Å²) in [7, 11) is 0. The van der Waals surface area contributed by atoms with Crippen molar-refractivity contribution in [3.8, 4) is 11.5 Å². The van der Waals surface area contributed by atoms with Gasteiger partial charge >= 0.3 is 19.3 Å². The van der Waals surface area contributed by atoms with Crippen LogP contribution in [-0.4, -0.2) is 73.0 Å². The second-order valence-electron chi connectivity index (χ2n) is 15.5. The molecule has 6 N–H and O–H groups in total. The number of nitrogens with two attached hydrogens (primary N) is 1. The van der Waals surface area contributed by atoms with Crippen molar-refractivity contribution in [2.75, 3.05) is 36.8 Å². The highest BCUT2D eigenvalue weighted by Gasteiger charge is 2.43. The number of amides is 2. The van der Waals surface area contributed by atoms with E-state index in [4.69, 9.17) is 5.73 Å². The summed E-state index contributed by atoms with van der Waals surface area (Å²) in [5.74, 6) is -6.44. The standard InChI is InChI=1S/C22H20F5N3O3.C13H14F2N2O.C8H8F3NO/c23-13-8-14-17(31)10-22(29-19(14)16(25)9-13)3-5-30(6-4-22)21(32)28-11-12-1-2-18(15(24)7-12)33-20(26)27;14-8-5-9-11(18)7-13(1-3-16-4-2-13)17-12(9)10(15)6-8;9-6-3-5(4-12)1-2-7(6)13-8(10)11/h1-2,7-9,20,29H,3-6,10-11H2,(H,28,32);5-6,16-17H,1-4,7H2;1-3,8H,4,12H2. The van der Waals surface area contributed by atoms with Gasteiger partial charge in [-0.25, -0.2) is 31.1 Å². The van der Waals surface area contributed by atoms with Gasteiger partial charge < -0.3 is 41.4 Å². The molecule has 11 nitrogen and oxygen atoms in total. The molecule has 2 amide bonds. The minimum Gasteiger partial charge on any atom is -0.432 e. The van der Waals surface area contributed by atoms with Crippen LogP contribution in [0.25, 0.3) is 0 Å². The fourth-order valence-electron chi connectivity index (χ4n) is 7.91. The number of alkyl halides is 4. The number of hydrogen-bond acceptors (Lipinski definition) is 9. The third-order valence-electron chi connectivity index (χ3n) is 11.2. The van der Waals surface area contributed by atoms with E-state index in [2.05, 4.69) is 30.7 Å². The number of anilines is 2. The van der Waals surface area contributed by atoms with E-state index in [-0.39, 0.29) is 72.2 Å². The topological polar surface area (TPSA) is 147 Å². The SMILES string of the molecule is NCc1ccc(OC(F)F)c(F)c1.O=C1CC2(CCN(C(=O)NCc3ccc(OC(F)F)c(F)c3)CC2)Nc2c(F)cc(F)cc21.O=C1CC2(CCNCC2)Nc2c(F)cc(F)cc21. The van der Waals surface area contributed by atoms with Gasteiger partial charge in [-0.2, -0.15) is 17.6 Å². The quantitative estimate of drug-likeness (QED) is 0.115. The number of rotatable bonds is 7. The number of nitrogens with one attached hydrogen (secondary N) is 4. The minimum absolute atomic E-state index is 0.0181. The number of nitrogens with zero attached hydrogens (tertiary/aromatic N) is 1. The highest BCUT2D eigenvalue weighted by molar-refractivity contribution is 6.05. The lowest BCUT2D eigenvalue weighted by molar-refractivity contribution is -0.0528. The number of piperidine rings is 2. The van der Waals surface area contributed by atoms with Crippen molar-refractivity contribution in [1.29, 1.82) is 0 Å². The van der Waals surface area contributed by atoms with Gasteiger partial charge in [-0.1, -0.05) is 12.1 Å². The van der Waals surface area contributed by atoms with Crippen LogP contribution < -0.4 is 36.5 Å². The highest BCUT2D eigenvalue weighted by atomic mass is 19.3. The van der Waals surface area contributed by atoms with Crippen LogP contribution in [0, 0.1) is 34.9 Å². The van der Waals surface area contributed by atoms with Gasteiger partial charge in [0.1, 0.15) is 23.3 Å². The molecule has 2 fully saturated rings. The van der Waals surface area contributed by atoms with Gasteiger partial charge in [0, 0.05) is 73.4 Å². The number of fused-ring (bicyclic) bond motifs is 2. The number of carbonyl (C=O) groups excluding carboxylic acids is 3. The Hall–Kier alpha value is -6.09. The molecule has 21 heteroatoms. The van der Waals surface area contributed by atoms with Crippen LogP contribution in [0.1, 0.15) is 70.4 Å². The Bertz CT molecular complexity index is 2360. The molecule has 0 aliphatic carbocycles. The van der Waals surface area contributed by atoms with Gasteiger partial charge in [-0.05, 0) is 86.3 Å². The zero-order valence-corrected chi connectivity index (χ0v) is 33.8. The normalized spacial score (nSPS) is 17.0. The molecule has 8 rings (SSSR count). The maximum atomic E-state index is 14.2. The fraction of sp³-hybridized carbons (Fsp3) is 0.372. The predicted octanol–water partition coefficient (Wildman–Crippen LogP) is 8.42. The molecule has 4 heterocycles. The maximum absolute atomic E-state index is 14.2. The van der Waals surface area contributed by atoms with Gasteiger partial charge in [0.05, 0.1) is 11.4 Å². The summed E-state index contributed by atoms with van der Waals surface area (Å²) < 4.78 is 137. The molecule has 4 aromatic rings. The van der Waals surface area contributed by atoms with Crippen LogP contribution in [-0.2, 0) is 13.1 Å². The average Bonchev–Trinajstić information content (AvgIpc) is 3.23. The predicted molar refractivity (Wildman–Crippen MR) is 212 cm³/mol. The van der Waals surface area contributed by atoms with Crippen molar-refractivity contribution in [3.63, 3.8) is 0 Å². The molecule has 0 saturated carbocycles. The zero-order valence-electron chi connectivity index (χ0n) is 33.8. The summed E-state index contributed by atoms with van der Waals surface area (Å²) >= 11 is 0. The Kier molecular flexibility index (Phi) is 14.9. The second kappa shape index (κ2) is 20.2. The lowest BCUT2D eigenvalue weighted by Crippen LogP contribution is -2.55. The van der Waals surface area contributed by atoms with Gasteiger partial charge in [0.25, 0.3) is 0 Å². The first kappa shape index (κ1) is 47.4. The molecule has 0 unspecified atom stereocenters. The number of Topliss-reactive ketones (excluding diaryl/α,β-unsaturated/α-hetero) is 2. The van der Waals surface area contributed by atoms with E-state index in [1.807, 2.05) is 0 Å². The average molecular weight is 913 g/mol. The molecule has 2 spiro atoms. The maximum Gasteiger partial charge on any atom is 0.387 e. The summed E-state index contributed by atoms with van der Waals surface area (Å²) in [5.41, 5.74) is 5.26. The van der Waals surface area contributed by atoms with Crippen LogP contribution in [0.5, 0.6) is 11.5 Å². The first-order valence-corrected chi connectivity index (χ1v) is 19.9. The Labute approximate surface area is 359 Å². The van der Waals surface area contributed by atoms with Gasteiger partial charge in [-0.3, -0.25) is 9.59 Å². The van der Waals surface area contributed by atoms with Crippen molar-refractivity contribution in [1.82, 2.24) is 15.5 Å².